The molecule has 6 nitrogen and oxygen atoms in total. The van der Waals surface area contributed by atoms with Crippen LogP contribution in [-0.2, 0) is 0 Å². The Labute approximate surface area is 89.4 Å². The summed E-state index contributed by atoms with van der Waals surface area (Å²) in [5.74, 6) is -0.0241. The summed E-state index contributed by atoms with van der Waals surface area (Å²) < 4.78 is 14.5. The van der Waals surface area contributed by atoms with E-state index in [9.17, 15) is 9.59 Å². The highest BCUT2D eigenvalue weighted by molar-refractivity contribution is 5.84. The van der Waals surface area contributed by atoms with Gasteiger partial charge in [0.25, 0.3) is 0 Å². The summed E-state index contributed by atoms with van der Waals surface area (Å²) in [4.78, 5) is 24.9. The molecule has 0 radical (unpaired) electrons. The average molecular weight is 223 g/mol. The highest BCUT2D eigenvalue weighted by atomic mass is 16.5. The minimum atomic E-state index is -0.819. The molecule has 0 bridgehead atoms. The number of aromatic nitrogens is 1. The molecule has 2 rings (SSSR count). The van der Waals surface area contributed by atoms with Crippen molar-refractivity contribution >= 4 is 10.9 Å². The van der Waals surface area contributed by atoms with E-state index in [0.717, 1.165) is 0 Å². The molecule has 0 unspecified atom stereocenters. The molecule has 0 aliphatic rings. The SMILES string of the molecule is COc1cc(OC)c2[nH]c(=O)oc(=O)c2c1. The van der Waals surface area contributed by atoms with Gasteiger partial charge < -0.3 is 13.9 Å². The van der Waals surface area contributed by atoms with Gasteiger partial charge in [-0.25, -0.2) is 9.59 Å². The second-order valence-corrected chi connectivity index (χ2v) is 3.05. The van der Waals surface area contributed by atoms with Crippen molar-refractivity contribution in [1.29, 1.82) is 0 Å². The van der Waals surface area contributed by atoms with Crippen LogP contribution in [0.25, 0.3) is 10.9 Å². The number of hydrogen-bond acceptors (Lipinski definition) is 5. The smallest absolute Gasteiger partial charge is 0.419 e. The van der Waals surface area contributed by atoms with Gasteiger partial charge in [-0.3, -0.25) is 4.98 Å². The summed E-state index contributed by atoms with van der Waals surface area (Å²) in [6, 6.07) is 3.04. The van der Waals surface area contributed by atoms with Crippen molar-refractivity contribution in [3.63, 3.8) is 0 Å². The molecular weight excluding hydrogens is 214 g/mol. The molecule has 84 valence electrons. The van der Waals surface area contributed by atoms with E-state index < -0.39 is 11.4 Å². The molecule has 1 aromatic carbocycles. The fourth-order valence-corrected chi connectivity index (χ4v) is 1.43. The Balaban J connectivity index is 2.95. The number of methoxy groups -OCH3 is 2. The first kappa shape index (κ1) is 10.3. The first-order chi connectivity index (χ1) is 7.65. The van der Waals surface area contributed by atoms with Crippen LogP contribution < -0.4 is 20.9 Å². The van der Waals surface area contributed by atoms with Gasteiger partial charge >= 0.3 is 11.4 Å². The number of ether oxygens (including phenoxy) is 2. The van der Waals surface area contributed by atoms with Crippen molar-refractivity contribution in [3.05, 3.63) is 33.1 Å². The van der Waals surface area contributed by atoms with Crippen molar-refractivity contribution in [3.8, 4) is 11.5 Å². The molecule has 16 heavy (non-hydrogen) atoms. The monoisotopic (exact) mass is 223 g/mol. The summed E-state index contributed by atoms with van der Waals surface area (Å²) in [5.41, 5.74) is -0.430. The minimum Gasteiger partial charge on any atom is -0.497 e. The number of hydrogen-bond donors (Lipinski definition) is 1. The largest absolute Gasteiger partial charge is 0.497 e. The fraction of sp³-hybridized carbons (Fsp3) is 0.200. The lowest BCUT2D eigenvalue weighted by Gasteiger charge is -2.06. The molecule has 0 saturated carbocycles. The number of benzene rings is 1. The van der Waals surface area contributed by atoms with Gasteiger partial charge in [0.1, 0.15) is 17.0 Å². The minimum absolute atomic E-state index is 0.204. The van der Waals surface area contributed by atoms with Gasteiger partial charge in [-0.1, -0.05) is 0 Å². The lowest BCUT2D eigenvalue weighted by molar-refractivity contribution is 0.395. The molecule has 0 saturated heterocycles. The number of fused-ring (bicyclic) bond motifs is 1. The summed E-state index contributed by atoms with van der Waals surface area (Å²) in [5, 5.41) is 0.204. The van der Waals surface area contributed by atoms with Crippen LogP contribution >= 0.6 is 0 Å². The van der Waals surface area contributed by atoms with Gasteiger partial charge in [0, 0.05) is 6.07 Å². The van der Waals surface area contributed by atoms with Crippen molar-refractivity contribution in [2.45, 2.75) is 0 Å². The van der Waals surface area contributed by atoms with Crippen LogP contribution in [0.15, 0.2) is 26.1 Å². The molecular formula is C10H9NO5. The second kappa shape index (κ2) is 3.73. The van der Waals surface area contributed by atoms with Gasteiger partial charge in [0.2, 0.25) is 0 Å². The maximum Gasteiger partial charge on any atom is 0.419 e. The van der Waals surface area contributed by atoms with Gasteiger partial charge in [-0.2, -0.15) is 0 Å². The van der Waals surface area contributed by atoms with Crippen LogP contribution in [-0.4, -0.2) is 19.2 Å². The Kier molecular flexibility index (Phi) is 2.40. The third-order valence-corrected chi connectivity index (χ3v) is 2.16. The average Bonchev–Trinajstić information content (AvgIpc) is 2.28. The lowest BCUT2D eigenvalue weighted by Crippen LogP contribution is -2.15. The number of rotatable bonds is 2. The summed E-state index contributed by atoms with van der Waals surface area (Å²) >= 11 is 0. The van der Waals surface area contributed by atoms with Crippen LogP contribution in [0.3, 0.4) is 0 Å². The molecule has 1 aromatic heterocycles. The normalized spacial score (nSPS) is 10.4. The van der Waals surface area contributed by atoms with Crippen LogP contribution in [0.2, 0.25) is 0 Å². The Bertz CT molecular complexity index is 640. The van der Waals surface area contributed by atoms with Gasteiger partial charge in [0.15, 0.2) is 0 Å². The standard InChI is InChI=1S/C10H9NO5/c1-14-5-3-6-8(7(4-5)15-2)11-10(13)16-9(6)12/h3-4H,1-2H3,(H,11,13). The third kappa shape index (κ3) is 1.54. The predicted molar refractivity (Wildman–Crippen MR) is 56.2 cm³/mol. The van der Waals surface area contributed by atoms with Crippen LogP contribution in [0.1, 0.15) is 0 Å². The number of nitrogens with one attached hydrogen (secondary N) is 1. The molecule has 0 aliphatic carbocycles. The molecule has 6 heteroatoms. The number of H-pyrrole nitrogens is 1. The fourth-order valence-electron chi connectivity index (χ4n) is 1.43. The topological polar surface area (TPSA) is 81.5 Å². The van der Waals surface area contributed by atoms with Gasteiger partial charge in [-0.05, 0) is 6.07 Å². The number of aromatic amines is 1. The van der Waals surface area contributed by atoms with Gasteiger partial charge in [-0.15, -0.1) is 0 Å². The summed E-state index contributed by atoms with van der Waals surface area (Å²) in [7, 11) is 2.90. The Morgan fingerprint density at radius 1 is 1.19 bits per heavy atom. The Morgan fingerprint density at radius 2 is 1.94 bits per heavy atom. The van der Waals surface area contributed by atoms with Gasteiger partial charge in [0.05, 0.1) is 19.6 Å². The highest BCUT2D eigenvalue weighted by Gasteiger charge is 2.10. The maximum atomic E-state index is 11.4. The van der Waals surface area contributed by atoms with E-state index in [-0.39, 0.29) is 5.39 Å². The summed E-state index contributed by atoms with van der Waals surface area (Å²) in [6.07, 6.45) is 0. The van der Waals surface area contributed by atoms with E-state index in [2.05, 4.69) is 9.40 Å². The second-order valence-electron chi connectivity index (χ2n) is 3.05. The van der Waals surface area contributed by atoms with E-state index in [1.165, 1.54) is 20.3 Å². The van der Waals surface area contributed by atoms with E-state index in [1.54, 1.807) is 6.07 Å². The van der Waals surface area contributed by atoms with E-state index in [0.29, 0.717) is 17.0 Å². The quantitative estimate of drug-likeness (QED) is 0.801. The molecule has 2 aromatic rings. The first-order valence-electron chi connectivity index (χ1n) is 4.45. The van der Waals surface area contributed by atoms with Crippen molar-refractivity contribution in [1.82, 2.24) is 4.98 Å². The van der Waals surface area contributed by atoms with Crippen molar-refractivity contribution < 1.29 is 13.9 Å². The highest BCUT2D eigenvalue weighted by Crippen LogP contribution is 2.26. The molecule has 1 heterocycles. The van der Waals surface area contributed by atoms with Crippen LogP contribution in [0.5, 0.6) is 11.5 Å². The zero-order valence-corrected chi connectivity index (χ0v) is 8.70. The zero-order chi connectivity index (χ0) is 11.7. The third-order valence-electron chi connectivity index (χ3n) is 2.16. The molecule has 0 fully saturated rings. The van der Waals surface area contributed by atoms with Crippen molar-refractivity contribution in [2.24, 2.45) is 0 Å². The van der Waals surface area contributed by atoms with Crippen LogP contribution in [0, 0.1) is 0 Å². The van der Waals surface area contributed by atoms with E-state index in [1.807, 2.05) is 0 Å². The van der Waals surface area contributed by atoms with E-state index >= 15 is 0 Å². The molecule has 0 spiro atoms. The Hall–Kier alpha value is -2.24. The molecule has 0 amide bonds. The van der Waals surface area contributed by atoms with E-state index in [4.69, 9.17) is 9.47 Å². The summed E-state index contributed by atoms with van der Waals surface area (Å²) in [6.45, 7) is 0. The Morgan fingerprint density at radius 3 is 2.56 bits per heavy atom. The van der Waals surface area contributed by atoms with Crippen LogP contribution in [0.4, 0.5) is 0 Å². The lowest BCUT2D eigenvalue weighted by atomic mass is 10.2. The molecule has 0 aliphatic heterocycles. The first-order valence-corrected chi connectivity index (χ1v) is 4.45. The zero-order valence-electron chi connectivity index (χ0n) is 8.70. The predicted octanol–water partition coefficient (Wildman–Crippen LogP) is 0.498. The molecule has 0 atom stereocenters. The van der Waals surface area contributed by atoms with Crippen molar-refractivity contribution in [2.75, 3.05) is 14.2 Å². The maximum absolute atomic E-state index is 11.4. The molecule has 1 N–H and O–H groups in total.